The fourth-order valence-corrected chi connectivity index (χ4v) is 4.43. The molecule has 3 aromatic rings. The van der Waals surface area contributed by atoms with Crippen LogP contribution in [0.4, 0.5) is 24.5 Å². The average Bonchev–Trinajstić information content (AvgIpc) is 2.82. The van der Waals surface area contributed by atoms with E-state index in [2.05, 4.69) is 10.5 Å². The molecule has 188 valence electrons. The van der Waals surface area contributed by atoms with Crippen LogP contribution in [0.1, 0.15) is 16.7 Å². The molecule has 9 nitrogen and oxygen atoms in total. The minimum atomic E-state index is -4.73. The van der Waals surface area contributed by atoms with Gasteiger partial charge in [0.15, 0.2) is 0 Å². The first kappa shape index (κ1) is 26.3. The molecule has 36 heavy (non-hydrogen) atoms. The summed E-state index contributed by atoms with van der Waals surface area (Å²) in [7, 11) is -4.43. The number of hydrazone groups is 1. The molecule has 0 saturated heterocycles. The number of carbonyl (C=O) groups is 1. The quantitative estimate of drug-likeness (QED) is 0.270. The Hall–Kier alpha value is -4.26. The van der Waals surface area contributed by atoms with Gasteiger partial charge < -0.3 is 0 Å². The number of non-ortho nitro benzene ring substituents is 1. The summed E-state index contributed by atoms with van der Waals surface area (Å²) in [5.41, 5.74) is 1.69. The summed E-state index contributed by atoms with van der Waals surface area (Å²) in [6, 6.07) is 14.4. The second kappa shape index (κ2) is 10.6. The summed E-state index contributed by atoms with van der Waals surface area (Å²) >= 11 is 0. The van der Waals surface area contributed by atoms with Gasteiger partial charge in [0.25, 0.3) is 21.6 Å². The van der Waals surface area contributed by atoms with Crippen molar-refractivity contribution in [3.63, 3.8) is 0 Å². The van der Waals surface area contributed by atoms with E-state index < -0.39 is 39.1 Å². The molecule has 0 aliphatic heterocycles. The lowest BCUT2D eigenvalue weighted by atomic mass is 10.2. The molecule has 0 spiro atoms. The second-order valence-corrected chi connectivity index (χ2v) is 9.38. The summed E-state index contributed by atoms with van der Waals surface area (Å²) < 4.78 is 66.9. The molecule has 0 saturated carbocycles. The number of amides is 1. The Kier molecular flexibility index (Phi) is 7.73. The zero-order valence-electron chi connectivity index (χ0n) is 18.6. The molecule has 0 radical (unpaired) electrons. The molecule has 0 aliphatic rings. The van der Waals surface area contributed by atoms with Gasteiger partial charge in [-0.05, 0) is 55.0 Å². The fourth-order valence-electron chi connectivity index (χ4n) is 3.02. The predicted molar refractivity (Wildman–Crippen MR) is 126 cm³/mol. The molecule has 1 amide bonds. The van der Waals surface area contributed by atoms with Gasteiger partial charge in [0, 0.05) is 12.1 Å². The predicted octanol–water partition coefficient (Wildman–Crippen LogP) is 4.27. The van der Waals surface area contributed by atoms with E-state index in [1.54, 1.807) is 6.92 Å². The molecule has 0 unspecified atom stereocenters. The van der Waals surface area contributed by atoms with Crippen LogP contribution in [0.3, 0.4) is 0 Å². The standard InChI is InChI=1S/C23H19F3N4O5S/c1-16-5-11-21(12-6-16)36(34,35)29(20-4-2-3-18(13-20)23(24,25)26)15-22(31)28-27-14-17-7-9-19(10-8-17)30(32)33/h2-14H,15H2,1H3,(H,28,31)/b27-14-. The van der Waals surface area contributed by atoms with Crippen molar-refractivity contribution in [3.05, 3.63) is 99.6 Å². The van der Waals surface area contributed by atoms with E-state index in [9.17, 15) is 36.5 Å². The van der Waals surface area contributed by atoms with Crippen LogP contribution < -0.4 is 9.73 Å². The molecule has 0 heterocycles. The van der Waals surface area contributed by atoms with Gasteiger partial charge in [0.1, 0.15) is 6.54 Å². The van der Waals surface area contributed by atoms with Crippen LogP contribution in [0.5, 0.6) is 0 Å². The number of benzene rings is 3. The topological polar surface area (TPSA) is 122 Å². The van der Waals surface area contributed by atoms with E-state index in [1.165, 1.54) is 54.7 Å². The van der Waals surface area contributed by atoms with Crippen molar-refractivity contribution in [1.82, 2.24) is 5.43 Å². The number of alkyl halides is 3. The Balaban J connectivity index is 1.87. The Labute approximate surface area is 204 Å². The number of nitrogens with one attached hydrogen (secondary N) is 1. The lowest BCUT2D eigenvalue weighted by Crippen LogP contribution is -2.39. The molecule has 0 aliphatic carbocycles. The van der Waals surface area contributed by atoms with Crippen LogP contribution in [-0.2, 0) is 21.0 Å². The van der Waals surface area contributed by atoms with Crippen molar-refractivity contribution in [1.29, 1.82) is 0 Å². The van der Waals surface area contributed by atoms with Gasteiger partial charge in [-0.2, -0.15) is 18.3 Å². The van der Waals surface area contributed by atoms with Crippen LogP contribution in [0.2, 0.25) is 0 Å². The van der Waals surface area contributed by atoms with Gasteiger partial charge in [-0.3, -0.25) is 19.2 Å². The van der Waals surface area contributed by atoms with Gasteiger partial charge in [0.05, 0.1) is 27.3 Å². The lowest BCUT2D eigenvalue weighted by Gasteiger charge is -2.24. The fraction of sp³-hybridized carbons (Fsp3) is 0.130. The number of nitrogens with zero attached hydrogens (tertiary/aromatic N) is 3. The molecule has 0 aromatic heterocycles. The highest BCUT2D eigenvalue weighted by Gasteiger charge is 2.33. The zero-order chi connectivity index (χ0) is 26.5. The van der Waals surface area contributed by atoms with Gasteiger partial charge in [-0.1, -0.05) is 23.8 Å². The van der Waals surface area contributed by atoms with E-state index >= 15 is 0 Å². The van der Waals surface area contributed by atoms with Crippen LogP contribution in [0.15, 0.2) is 82.8 Å². The molecule has 3 rings (SSSR count). The molecule has 1 N–H and O–H groups in total. The summed E-state index contributed by atoms with van der Waals surface area (Å²) in [6.45, 7) is 0.868. The van der Waals surface area contributed by atoms with Crippen molar-refractivity contribution in [2.75, 3.05) is 10.8 Å². The number of hydrogen-bond donors (Lipinski definition) is 1. The average molecular weight is 520 g/mol. The van der Waals surface area contributed by atoms with Crippen LogP contribution in [0.25, 0.3) is 0 Å². The first-order valence-corrected chi connectivity index (χ1v) is 11.6. The summed E-state index contributed by atoms with van der Waals surface area (Å²) in [5, 5.41) is 14.4. The second-order valence-electron chi connectivity index (χ2n) is 7.51. The number of carbonyl (C=O) groups excluding carboxylic acids is 1. The molecule has 0 bridgehead atoms. The summed E-state index contributed by atoms with van der Waals surface area (Å²) in [6.07, 6.45) is -3.56. The number of halogens is 3. The molecule has 0 atom stereocenters. The van der Waals surface area contributed by atoms with Gasteiger partial charge >= 0.3 is 6.18 Å². The minimum Gasteiger partial charge on any atom is -0.271 e. The van der Waals surface area contributed by atoms with Crippen molar-refractivity contribution in [2.24, 2.45) is 5.10 Å². The number of nitro benzene ring substituents is 1. The van der Waals surface area contributed by atoms with Gasteiger partial charge in [-0.15, -0.1) is 0 Å². The highest BCUT2D eigenvalue weighted by molar-refractivity contribution is 7.92. The number of sulfonamides is 1. The first-order valence-electron chi connectivity index (χ1n) is 10.2. The lowest BCUT2D eigenvalue weighted by molar-refractivity contribution is -0.384. The Morgan fingerprint density at radius 1 is 1.08 bits per heavy atom. The third-order valence-electron chi connectivity index (χ3n) is 4.86. The first-order chi connectivity index (χ1) is 16.9. The smallest absolute Gasteiger partial charge is 0.271 e. The monoisotopic (exact) mass is 520 g/mol. The molecule has 3 aromatic carbocycles. The minimum absolute atomic E-state index is 0.144. The number of hydrogen-bond acceptors (Lipinski definition) is 6. The van der Waals surface area contributed by atoms with E-state index in [4.69, 9.17) is 0 Å². The van der Waals surface area contributed by atoms with Crippen LogP contribution in [0, 0.1) is 17.0 Å². The summed E-state index contributed by atoms with van der Waals surface area (Å²) in [4.78, 5) is 22.4. The third kappa shape index (κ3) is 6.44. The normalized spacial score (nSPS) is 11.9. The van der Waals surface area contributed by atoms with E-state index in [0.717, 1.165) is 23.8 Å². The highest BCUT2D eigenvalue weighted by Crippen LogP contribution is 2.33. The Bertz CT molecular complexity index is 1390. The third-order valence-corrected chi connectivity index (χ3v) is 6.65. The maximum Gasteiger partial charge on any atom is 0.416 e. The number of nitro groups is 1. The number of rotatable bonds is 8. The molecular formula is C23H19F3N4O5S. The van der Waals surface area contributed by atoms with Crippen LogP contribution >= 0.6 is 0 Å². The van der Waals surface area contributed by atoms with Gasteiger partial charge in [0.2, 0.25) is 0 Å². The summed E-state index contributed by atoms with van der Waals surface area (Å²) in [5.74, 6) is -0.929. The maximum atomic E-state index is 13.3. The largest absolute Gasteiger partial charge is 0.416 e. The van der Waals surface area contributed by atoms with Gasteiger partial charge in [-0.25, -0.2) is 13.8 Å². The molecular weight excluding hydrogens is 501 g/mol. The molecule has 0 fully saturated rings. The van der Waals surface area contributed by atoms with Crippen molar-refractivity contribution < 1.29 is 31.3 Å². The van der Waals surface area contributed by atoms with Crippen molar-refractivity contribution in [2.45, 2.75) is 18.0 Å². The highest BCUT2D eigenvalue weighted by atomic mass is 32.2. The maximum absolute atomic E-state index is 13.3. The SMILES string of the molecule is Cc1ccc(S(=O)(=O)N(CC(=O)N/N=C\c2ccc([N+](=O)[O-])cc2)c2cccc(C(F)(F)F)c2)cc1. The Morgan fingerprint density at radius 3 is 2.31 bits per heavy atom. The molecule has 13 heteroatoms. The zero-order valence-corrected chi connectivity index (χ0v) is 19.5. The number of anilines is 1. The van der Waals surface area contributed by atoms with Crippen molar-refractivity contribution in [3.8, 4) is 0 Å². The van der Waals surface area contributed by atoms with Crippen molar-refractivity contribution >= 4 is 33.5 Å². The Morgan fingerprint density at radius 2 is 1.72 bits per heavy atom. The van der Waals surface area contributed by atoms with E-state index in [-0.39, 0.29) is 16.3 Å². The van der Waals surface area contributed by atoms with E-state index in [0.29, 0.717) is 15.9 Å². The van der Waals surface area contributed by atoms with Crippen LogP contribution in [-0.4, -0.2) is 32.0 Å². The number of aryl methyl sites for hydroxylation is 1. The van der Waals surface area contributed by atoms with E-state index in [1.807, 2.05) is 0 Å².